The van der Waals surface area contributed by atoms with E-state index in [4.69, 9.17) is 9.47 Å². The Morgan fingerprint density at radius 1 is 1.00 bits per heavy atom. The van der Waals surface area contributed by atoms with E-state index >= 15 is 0 Å². The molecule has 0 radical (unpaired) electrons. The van der Waals surface area contributed by atoms with Crippen molar-refractivity contribution in [1.82, 2.24) is 4.98 Å². The summed E-state index contributed by atoms with van der Waals surface area (Å²) in [5, 5.41) is 10.1. The first-order chi connectivity index (χ1) is 12.6. The molecule has 0 saturated heterocycles. The molecule has 132 valence electrons. The predicted octanol–water partition coefficient (Wildman–Crippen LogP) is 3.47. The van der Waals surface area contributed by atoms with Gasteiger partial charge in [0.25, 0.3) is 0 Å². The van der Waals surface area contributed by atoms with Crippen LogP contribution in [0, 0.1) is 0 Å². The summed E-state index contributed by atoms with van der Waals surface area (Å²) in [5.74, 6) is -1.25. The van der Waals surface area contributed by atoms with Crippen LogP contribution in [0.15, 0.2) is 54.6 Å². The zero-order valence-electron chi connectivity index (χ0n) is 14.1. The average Bonchev–Trinajstić information content (AvgIpc) is 2.66. The van der Waals surface area contributed by atoms with Crippen LogP contribution in [0.25, 0.3) is 10.9 Å². The molecule has 0 bridgehead atoms. The number of aromatic nitrogens is 1. The molecule has 3 aromatic rings. The molecule has 26 heavy (non-hydrogen) atoms. The van der Waals surface area contributed by atoms with Gasteiger partial charge in [0, 0.05) is 5.39 Å². The number of esters is 2. The highest BCUT2D eigenvalue weighted by Gasteiger charge is 2.19. The lowest BCUT2D eigenvalue weighted by Crippen LogP contribution is -2.12. The van der Waals surface area contributed by atoms with Gasteiger partial charge in [-0.05, 0) is 36.8 Å². The minimum absolute atomic E-state index is 0.0108. The SMILES string of the molecule is CCOC(=O)c1cc(C(=O)OCc2ccccc2)c2cc(O)ccc2n1. The van der Waals surface area contributed by atoms with E-state index in [9.17, 15) is 14.7 Å². The number of rotatable bonds is 5. The number of hydrogen-bond donors (Lipinski definition) is 1. The van der Waals surface area contributed by atoms with Crippen LogP contribution >= 0.6 is 0 Å². The lowest BCUT2D eigenvalue weighted by atomic mass is 10.1. The largest absolute Gasteiger partial charge is 0.508 e. The van der Waals surface area contributed by atoms with Crippen molar-refractivity contribution in [2.75, 3.05) is 6.61 Å². The second kappa shape index (κ2) is 7.65. The predicted molar refractivity (Wildman–Crippen MR) is 94.9 cm³/mol. The minimum atomic E-state index is -0.625. The van der Waals surface area contributed by atoms with E-state index in [2.05, 4.69) is 4.98 Å². The molecule has 0 aliphatic heterocycles. The fourth-order valence-electron chi connectivity index (χ4n) is 2.49. The van der Waals surface area contributed by atoms with Crippen molar-refractivity contribution in [3.63, 3.8) is 0 Å². The smallest absolute Gasteiger partial charge is 0.356 e. The summed E-state index contributed by atoms with van der Waals surface area (Å²) in [6.07, 6.45) is 0. The van der Waals surface area contributed by atoms with E-state index in [0.29, 0.717) is 10.9 Å². The van der Waals surface area contributed by atoms with Crippen LogP contribution in [-0.4, -0.2) is 28.6 Å². The van der Waals surface area contributed by atoms with Crippen molar-refractivity contribution in [2.24, 2.45) is 0 Å². The number of fused-ring (bicyclic) bond motifs is 1. The number of phenols is 1. The zero-order chi connectivity index (χ0) is 18.5. The summed E-state index contributed by atoms with van der Waals surface area (Å²) in [7, 11) is 0. The third-order valence-electron chi connectivity index (χ3n) is 3.71. The normalized spacial score (nSPS) is 10.5. The van der Waals surface area contributed by atoms with Gasteiger partial charge >= 0.3 is 11.9 Å². The number of carbonyl (C=O) groups is 2. The number of ether oxygens (including phenoxy) is 2. The standard InChI is InChI=1S/C20H17NO5/c1-2-25-20(24)18-11-16(15-10-14(22)8-9-17(15)21-18)19(23)26-12-13-6-4-3-5-7-13/h3-11,22H,2,12H2,1H3. The topological polar surface area (TPSA) is 85.7 Å². The Labute approximate surface area is 150 Å². The van der Waals surface area contributed by atoms with Crippen LogP contribution in [0.5, 0.6) is 5.75 Å². The lowest BCUT2D eigenvalue weighted by molar-refractivity contribution is 0.0475. The van der Waals surface area contributed by atoms with Crippen molar-refractivity contribution in [3.05, 3.63) is 71.4 Å². The van der Waals surface area contributed by atoms with Crippen LogP contribution in [0.3, 0.4) is 0 Å². The molecule has 2 aromatic carbocycles. The summed E-state index contributed by atoms with van der Waals surface area (Å²) in [5.41, 5.74) is 1.38. The van der Waals surface area contributed by atoms with E-state index in [1.54, 1.807) is 6.92 Å². The van der Waals surface area contributed by atoms with Crippen molar-refractivity contribution in [2.45, 2.75) is 13.5 Å². The monoisotopic (exact) mass is 351 g/mol. The number of nitrogens with zero attached hydrogens (tertiary/aromatic N) is 1. The summed E-state index contributed by atoms with van der Waals surface area (Å²) < 4.78 is 10.3. The van der Waals surface area contributed by atoms with E-state index in [-0.39, 0.29) is 30.2 Å². The van der Waals surface area contributed by atoms with E-state index in [1.807, 2.05) is 30.3 Å². The highest BCUT2D eigenvalue weighted by molar-refractivity contribution is 6.06. The molecule has 0 unspecified atom stereocenters. The number of phenolic OH excluding ortho intramolecular Hbond substituents is 1. The van der Waals surface area contributed by atoms with Gasteiger partial charge in [0.05, 0.1) is 17.7 Å². The Balaban J connectivity index is 1.97. The molecule has 1 aromatic heterocycles. The van der Waals surface area contributed by atoms with E-state index in [0.717, 1.165) is 5.56 Å². The zero-order valence-corrected chi connectivity index (χ0v) is 14.1. The van der Waals surface area contributed by atoms with Gasteiger partial charge in [-0.1, -0.05) is 30.3 Å². The van der Waals surface area contributed by atoms with Gasteiger partial charge in [0.15, 0.2) is 0 Å². The minimum Gasteiger partial charge on any atom is -0.508 e. The number of benzene rings is 2. The molecule has 6 heteroatoms. The fourth-order valence-corrected chi connectivity index (χ4v) is 2.49. The van der Waals surface area contributed by atoms with E-state index in [1.165, 1.54) is 24.3 Å². The molecule has 0 amide bonds. The Morgan fingerprint density at radius 3 is 2.50 bits per heavy atom. The second-order valence-electron chi connectivity index (χ2n) is 5.54. The van der Waals surface area contributed by atoms with E-state index < -0.39 is 11.9 Å². The summed E-state index contributed by atoms with van der Waals surface area (Å²) >= 11 is 0. The summed E-state index contributed by atoms with van der Waals surface area (Å²) in [6.45, 7) is 1.98. The Morgan fingerprint density at radius 2 is 1.77 bits per heavy atom. The molecule has 3 rings (SSSR count). The van der Waals surface area contributed by atoms with Crippen LogP contribution < -0.4 is 0 Å². The maximum Gasteiger partial charge on any atom is 0.356 e. The summed E-state index contributed by atoms with van der Waals surface area (Å²) in [6, 6.07) is 15.0. The highest BCUT2D eigenvalue weighted by Crippen LogP contribution is 2.24. The number of pyridine rings is 1. The van der Waals surface area contributed by atoms with Crippen LogP contribution in [0.4, 0.5) is 0 Å². The molecule has 0 fully saturated rings. The van der Waals surface area contributed by atoms with Crippen molar-refractivity contribution >= 4 is 22.8 Å². The molecule has 1 heterocycles. The molecule has 0 atom stereocenters. The summed E-state index contributed by atoms with van der Waals surface area (Å²) in [4.78, 5) is 28.8. The molecule has 1 N–H and O–H groups in total. The van der Waals surface area contributed by atoms with Crippen molar-refractivity contribution in [1.29, 1.82) is 0 Å². The molecule has 0 spiro atoms. The van der Waals surface area contributed by atoms with Crippen molar-refractivity contribution in [3.8, 4) is 5.75 Å². The third kappa shape index (κ3) is 3.80. The molecule has 0 saturated carbocycles. The maximum atomic E-state index is 12.6. The Bertz CT molecular complexity index is 953. The van der Waals surface area contributed by atoms with Crippen LogP contribution in [0.1, 0.15) is 33.3 Å². The Kier molecular flexibility index (Phi) is 5.12. The van der Waals surface area contributed by atoms with Gasteiger partial charge in [-0.25, -0.2) is 14.6 Å². The lowest BCUT2D eigenvalue weighted by Gasteiger charge is -2.10. The fraction of sp³-hybridized carbons (Fsp3) is 0.150. The van der Waals surface area contributed by atoms with Crippen LogP contribution in [-0.2, 0) is 16.1 Å². The maximum absolute atomic E-state index is 12.6. The van der Waals surface area contributed by atoms with Crippen molar-refractivity contribution < 1.29 is 24.2 Å². The van der Waals surface area contributed by atoms with Gasteiger partial charge < -0.3 is 14.6 Å². The number of hydrogen-bond acceptors (Lipinski definition) is 6. The van der Waals surface area contributed by atoms with Gasteiger partial charge in [0.2, 0.25) is 0 Å². The number of carbonyl (C=O) groups excluding carboxylic acids is 2. The quantitative estimate of drug-likeness (QED) is 0.708. The Hall–Kier alpha value is -3.41. The molecule has 0 aliphatic carbocycles. The van der Waals surface area contributed by atoms with Crippen LogP contribution in [0.2, 0.25) is 0 Å². The highest BCUT2D eigenvalue weighted by atomic mass is 16.5. The molecular weight excluding hydrogens is 334 g/mol. The van der Waals surface area contributed by atoms with Gasteiger partial charge in [-0.15, -0.1) is 0 Å². The third-order valence-corrected chi connectivity index (χ3v) is 3.71. The first-order valence-corrected chi connectivity index (χ1v) is 8.10. The first-order valence-electron chi connectivity index (χ1n) is 8.10. The van der Waals surface area contributed by atoms with Gasteiger partial charge in [0.1, 0.15) is 18.1 Å². The van der Waals surface area contributed by atoms with Gasteiger partial charge in [-0.2, -0.15) is 0 Å². The first kappa shape index (κ1) is 17.4. The average molecular weight is 351 g/mol. The molecule has 6 nitrogen and oxygen atoms in total. The molecular formula is C20H17NO5. The second-order valence-corrected chi connectivity index (χ2v) is 5.54. The van der Waals surface area contributed by atoms with Gasteiger partial charge in [-0.3, -0.25) is 0 Å². The molecule has 0 aliphatic rings. The number of aromatic hydroxyl groups is 1.